The fraction of sp³-hybridized carbons (Fsp3) is 0.708. The molecule has 0 radical (unpaired) electrons. The highest BCUT2D eigenvalue weighted by molar-refractivity contribution is 14.0. The average molecular weight is 529 g/mol. The summed E-state index contributed by atoms with van der Waals surface area (Å²) in [7, 11) is 1.86. The summed E-state index contributed by atoms with van der Waals surface area (Å²) < 4.78 is 5.66. The Morgan fingerprint density at radius 2 is 1.70 bits per heavy atom. The van der Waals surface area contributed by atoms with Crippen LogP contribution in [0, 0.1) is 0 Å². The number of ether oxygens (including phenoxy) is 1. The number of halogens is 1. The molecule has 2 saturated heterocycles. The minimum atomic E-state index is 0. The summed E-state index contributed by atoms with van der Waals surface area (Å²) in [5, 5.41) is 7.11. The number of guanidine groups is 1. The lowest BCUT2D eigenvalue weighted by Gasteiger charge is -2.45. The van der Waals surface area contributed by atoms with Crippen LogP contribution >= 0.6 is 24.0 Å². The van der Waals surface area contributed by atoms with E-state index in [-0.39, 0.29) is 34.9 Å². The average Bonchev–Trinajstić information content (AvgIpc) is 3.26. The molecule has 0 spiro atoms. The molecule has 0 unspecified atom stereocenters. The Morgan fingerprint density at radius 3 is 2.27 bits per heavy atom. The van der Waals surface area contributed by atoms with Crippen molar-refractivity contribution in [2.24, 2.45) is 4.99 Å². The lowest BCUT2D eigenvalue weighted by Crippen LogP contribution is -2.58. The van der Waals surface area contributed by atoms with Gasteiger partial charge in [-0.1, -0.05) is 45.0 Å². The Hall–Kier alpha value is -0.860. The first kappa shape index (κ1) is 25.4. The number of likely N-dealkylation sites (tertiary alicyclic amines) is 1. The number of nitrogens with one attached hydrogen (secondary N) is 2. The molecule has 2 N–H and O–H groups in total. The van der Waals surface area contributed by atoms with Gasteiger partial charge < -0.3 is 15.4 Å². The Kier molecular flexibility index (Phi) is 9.88. The van der Waals surface area contributed by atoms with E-state index in [1.807, 2.05) is 7.05 Å². The van der Waals surface area contributed by atoms with Crippen LogP contribution in [0.2, 0.25) is 0 Å². The van der Waals surface area contributed by atoms with E-state index in [0.29, 0.717) is 0 Å². The minimum absolute atomic E-state index is 0. The van der Waals surface area contributed by atoms with Crippen LogP contribution in [0.4, 0.5) is 0 Å². The number of hydrogen-bond acceptors (Lipinski definition) is 3. The summed E-state index contributed by atoms with van der Waals surface area (Å²) in [6.07, 6.45) is 5.86. The molecular weight excluding hydrogens is 487 g/mol. The number of rotatable bonds is 6. The van der Waals surface area contributed by atoms with Gasteiger partial charge in [0.25, 0.3) is 0 Å². The molecule has 0 atom stereocenters. The molecule has 0 amide bonds. The standard InChI is InChI=1S/C24H40N4O.HI/c1-23(2,3)21-9-7-20(8-10-21)11-14-26-22(25-4)27-19-24(12-17-29-18-13-24)28-15-5-6-16-28;/h7-10H,5-6,11-19H2,1-4H3,(H2,25,26,27);1H. The lowest BCUT2D eigenvalue weighted by atomic mass is 9.86. The fourth-order valence-electron chi connectivity index (χ4n) is 4.51. The Balaban J connectivity index is 0.00000320. The number of aliphatic imine (C=N–C) groups is 1. The molecule has 5 nitrogen and oxygen atoms in total. The van der Waals surface area contributed by atoms with Crippen molar-refractivity contribution in [1.82, 2.24) is 15.5 Å². The number of nitrogens with zero attached hydrogens (tertiary/aromatic N) is 2. The van der Waals surface area contributed by atoms with Gasteiger partial charge in [0, 0.05) is 38.9 Å². The predicted molar refractivity (Wildman–Crippen MR) is 137 cm³/mol. The normalized spacial score (nSPS) is 19.9. The van der Waals surface area contributed by atoms with Gasteiger partial charge in [0.05, 0.1) is 0 Å². The van der Waals surface area contributed by atoms with E-state index >= 15 is 0 Å². The quantitative estimate of drug-likeness (QED) is 0.334. The summed E-state index contributed by atoms with van der Waals surface area (Å²) in [6, 6.07) is 9.02. The molecule has 2 fully saturated rings. The van der Waals surface area contributed by atoms with Gasteiger partial charge in [-0.15, -0.1) is 24.0 Å². The van der Waals surface area contributed by atoms with Crippen molar-refractivity contribution in [2.45, 2.75) is 63.8 Å². The zero-order valence-corrected chi connectivity index (χ0v) is 21.6. The van der Waals surface area contributed by atoms with Gasteiger partial charge in [-0.05, 0) is 61.7 Å². The smallest absolute Gasteiger partial charge is 0.191 e. The summed E-state index contributed by atoms with van der Waals surface area (Å²) >= 11 is 0. The highest BCUT2D eigenvalue weighted by Gasteiger charge is 2.39. The van der Waals surface area contributed by atoms with Crippen molar-refractivity contribution in [3.63, 3.8) is 0 Å². The molecule has 0 aromatic heterocycles. The molecule has 0 bridgehead atoms. The highest BCUT2D eigenvalue weighted by Crippen LogP contribution is 2.30. The van der Waals surface area contributed by atoms with E-state index in [2.05, 4.69) is 65.6 Å². The second kappa shape index (κ2) is 11.7. The van der Waals surface area contributed by atoms with Crippen LogP contribution in [0.5, 0.6) is 0 Å². The molecule has 1 aromatic rings. The number of hydrogen-bond donors (Lipinski definition) is 2. The van der Waals surface area contributed by atoms with Crippen LogP contribution in [0.1, 0.15) is 57.6 Å². The highest BCUT2D eigenvalue weighted by atomic mass is 127. The number of benzene rings is 1. The molecule has 1 aromatic carbocycles. The summed E-state index contributed by atoms with van der Waals surface area (Å²) in [5.41, 5.74) is 3.17. The monoisotopic (exact) mass is 528 g/mol. The van der Waals surface area contributed by atoms with Gasteiger partial charge in [0.2, 0.25) is 0 Å². The maximum Gasteiger partial charge on any atom is 0.191 e. The lowest BCUT2D eigenvalue weighted by molar-refractivity contribution is -0.0164. The molecule has 170 valence electrons. The fourth-order valence-corrected chi connectivity index (χ4v) is 4.51. The van der Waals surface area contributed by atoms with Crippen LogP contribution in [0.15, 0.2) is 29.3 Å². The van der Waals surface area contributed by atoms with Crippen LogP contribution in [-0.2, 0) is 16.6 Å². The molecule has 2 heterocycles. The van der Waals surface area contributed by atoms with Gasteiger partial charge >= 0.3 is 0 Å². The Morgan fingerprint density at radius 1 is 1.07 bits per heavy atom. The molecule has 6 heteroatoms. The molecule has 0 aliphatic carbocycles. The summed E-state index contributed by atoms with van der Waals surface area (Å²) in [6.45, 7) is 12.8. The van der Waals surface area contributed by atoms with Crippen molar-refractivity contribution in [1.29, 1.82) is 0 Å². The van der Waals surface area contributed by atoms with E-state index in [4.69, 9.17) is 4.74 Å². The first-order chi connectivity index (χ1) is 13.9. The van der Waals surface area contributed by atoms with E-state index in [9.17, 15) is 0 Å². The third kappa shape index (κ3) is 6.82. The molecular formula is C24H41IN4O. The summed E-state index contributed by atoms with van der Waals surface area (Å²) in [5.74, 6) is 0.904. The maximum atomic E-state index is 5.66. The molecule has 2 aliphatic rings. The van der Waals surface area contributed by atoms with Crippen LogP contribution < -0.4 is 10.6 Å². The van der Waals surface area contributed by atoms with Crippen molar-refractivity contribution in [2.75, 3.05) is 46.4 Å². The van der Waals surface area contributed by atoms with Gasteiger partial charge in [0.15, 0.2) is 5.96 Å². The van der Waals surface area contributed by atoms with Crippen LogP contribution in [0.25, 0.3) is 0 Å². The zero-order valence-electron chi connectivity index (χ0n) is 19.3. The van der Waals surface area contributed by atoms with E-state index in [1.165, 1.54) is 37.1 Å². The molecule has 2 aliphatic heterocycles. The first-order valence-electron chi connectivity index (χ1n) is 11.3. The maximum absolute atomic E-state index is 5.66. The second-order valence-electron chi connectivity index (χ2n) is 9.58. The minimum Gasteiger partial charge on any atom is -0.381 e. The Labute approximate surface area is 200 Å². The predicted octanol–water partition coefficient (Wildman–Crippen LogP) is 3.95. The summed E-state index contributed by atoms with van der Waals surface area (Å²) in [4.78, 5) is 7.14. The van der Waals surface area contributed by atoms with Gasteiger partial charge in [-0.25, -0.2) is 0 Å². The van der Waals surface area contributed by atoms with Crippen LogP contribution in [-0.4, -0.2) is 62.8 Å². The van der Waals surface area contributed by atoms with Crippen molar-refractivity contribution in [3.8, 4) is 0 Å². The third-order valence-corrected chi connectivity index (χ3v) is 6.53. The van der Waals surface area contributed by atoms with Gasteiger partial charge in [-0.2, -0.15) is 0 Å². The first-order valence-corrected chi connectivity index (χ1v) is 11.3. The molecule has 30 heavy (non-hydrogen) atoms. The van der Waals surface area contributed by atoms with E-state index < -0.39 is 0 Å². The largest absolute Gasteiger partial charge is 0.381 e. The van der Waals surface area contributed by atoms with E-state index in [1.54, 1.807) is 0 Å². The van der Waals surface area contributed by atoms with E-state index in [0.717, 1.165) is 51.5 Å². The van der Waals surface area contributed by atoms with Crippen molar-refractivity contribution < 1.29 is 4.74 Å². The third-order valence-electron chi connectivity index (χ3n) is 6.53. The molecule has 3 rings (SSSR count). The second-order valence-corrected chi connectivity index (χ2v) is 9.58. The van der Waals surface area contributed by atoms with Gasteiger partial charge in [0.1, 0.15) is 0 Å². The SMILES string of the molecule is CN=C(NCCc1ccc(C(C)(C)C)cc1)NCC1(N2CCCC2)CCOCC1.I. The molecule has 0 saturated carbocycles. The zero-order chi connectivity index (χ0) is 20.7. The van der Waals surface area contributed by atoms with Crippen molar-refractivity contribution >= 4 is 29.9 Å². The topological polar surface area (TPSA) is 48.9 Å². The van der Waals surface area contributed by atoms with Crippen LogP contribution in [0.3, 0.4) is 0 Å². The van der Waals surface area contributed by atoms with Gasteiger partial charge in [-0.3, -0.25) is 9.89 Å². The van der Waals surface area contributed by atoms with Crippen molar-refractivity contribution in [3.05, 3.63) is 35.4 Å². The Bertz CT molecular complexity index is 657.